The van der Waals surface area contributed by atoms with Crippen molar-refractivity contribution >= 4 is 5.97 Å². The lowest BCUT2D eigenvalue weighted by molar-refractivity contribution is 0.0691. The molecule has 2 N–H and O–H groups in total. The molecule has 8 heteroatoms. The number of hydrogen-bond acceptors (Lipinski definition) is 5. The Bertz CT molecular complexity index is 590. The molecular formula is C12H17N5O3. The van der Waals surface area contributed by atoms with E-state index in [1.165, 1.54) is 0 Å². The fraction of sp³-hybridized carbons (Fsp3) is 0.500. The van der Waals surface area contributed by atoms with Crippen LogP contribution in [0.15, 0.2) is 12.4 Å². The Kier molecular flexibility index (Phi) is 4.46. The van der Waals surface area contributed by atoms with Crippen molar-refractivity contribution in [3.05, 3.63) is 18.1 Å². The van der Waals surface area contributed by atoms with E-state index in [1.807, 2.05) is 0 Å². The predicted molar refractivity (Wildman–Crippen MR) is 70.1 cm³/mol. The van der Waals surface area contributed by atoms with Crippen molar-refractivity contribution in [2.45, 2.75) is 25.8 Å². The standard InChI is InChI=1S/C12H17N5O3/c1-16-8-9(7-13-16)11-10(12(19)20)14-15-17(11)5-3-2-4-6-18/h7-8,18H,2-6H2,1H3,(H,19,20). The maximum atomic E-state index is 11.2. The molecule has 2 rings (SSSR count). The summed E-state index contributed by atoms with van der Waals surface area (Å²) in [7, 11) is 1.76. The van der Waals surface area contributed by atoms with Crippen molar-refractivity contribution in [2.24, 2.45) is 7.05 Å². The number of aliphatic hydroxyl groups excluding tert-OH is 1. The topological polar surface area (TPSA) is 106 Å². The van der Waals surface area contributed by atoms with Gasteiger partial charge in [-0.2, -0.15) is 5.10 Å². The van der Waals surface area contributed by atoms with Gasteiger partial charge < -0.3 is 10.2 Å². The Morgan fingerprint density at radius 1 is 1.35 bits per heavy atom. The van der Waals surface area contributed by atoms with E-state index in [0.717, 1.165) is 19.3 Å². The highest BCUT2D eigenvalue weighted by Gasteiger charge is 2.21. The van der Waals surface area contributed by atoms with Crippen molar-refractivity contribution < 1.29 is 15.0 Å². The molecule has 0 aromatic carbocycles. The first kappa shape index (κ1) is 14.2. The number of carboxylic acids is 1. The summed E-state index contributed by atoms with van der Waals surface area (Å²) in [5.74, 6) is -1.11. The zero-order valence-corrected chi connectivity index (χ0v) is 11.2. The first-order valence-corrected chi connectivity index (χ1v) is 6.40. The van der Waals surface area contributed by atoms with Gasteiger partial charge in [0.2, 0.25) is 0 Å². The molecule has 108 valence electrons. The van der Waals surface area contributed by atoms with Gasteiger partial charge in [0.15, 0.2) is 5.69 Å². The first-order valence-electron chi connectivity index (χ1n) is 6.40. The lowest BCUT2D eigenvalue weighted by atomic mass is 10.2. The number of carbonyl (C=O) groups is 1. The highest BCUT2D eigenvalue weighted by molar-refractivity contribution is 5.92. The van der Waals surface area contributed by atoms with Gasteiger partial charge in [-0.25, -0.2) is 9.48 Å². The largest absolute Gasteiger partial charge is 0.476 e. The fourth-order valence-electron chi connectivity index (χ4n) is 1.99. The number of nitrogens with zero attached hydrogens (tertiary/aromatic N) is 5. The second-order valence-electron chi connectivity index (χ2n) is 4.50. The van der Waals surface area contributed by atoms with Gasteiger partial charge >= 0.3 is 5.97 Å². The summed E-state index contributed by atoms with van der Waals surface area (Å²) in [6.45, 7) is 0.720. The van der Waals surface area contributed by atoms with E-state index in [4.69, 9.17) is 5.11 Å². The van der Waals surface area contributed by atoms with Crippen LogP contribution in [0.5, 0.6) is 0 Å². The maximum absolute atomic E-state index is 11.2. The van der Waals surface area contributed by atoms with Crippen LogP contribution in [0.25, 0.3) is 11.3 Å². The molecule has 0 amide bonds. The van der Waals surface area contributed by atoms with Crippen LogP contribution in [0.2, 0.25) is 0 Å². The monoisotopic (exact) mass is 279 g/mol. The van der Waals surface area contributed by atoms with Gasteiger partial charge in [0.1, 0.15) is 5.69 Å². The molecule has 0 spiro atoms. The van der Waals surface area contributed by atoms with Gasteiger partial charge in [0, 0.05) is 32.0 Å². The van der Waals surface area contributed by atoms with E-state index in [-0.39, 0.29) is 12.3 Å². The van der Waals surface area contributed by atoms with Crippen LogP contribution < -0.4 is 0 Å². The SMILES string of the molecule is Cn1cc(-c2c(C(=O)O)nnn2CCCCCO)cn1. The highest BCUT2D eigenvalue weighted by atomic mass is 16.4. The van der Waals surface area contributed by atoms with E-state index in [0.29, 0.717) is 17.8 Å². The van der Waals surface area contributed by atoms with Gasteiger partial charge in [0.25, 0.3) is 0 Å². The maximum Gasteiger partial charge on any atom is 0.358 e. The third kappa shape index (κ3) is 3.02. The van der Waals surface area contributed by atoms with E-state index in [2.05, 4.69) is 15.4 Å². The predicted octanol–water partition coefficient (Wildman–Crippen LogP) is 0.539. The lowest BCUT2D eigenvalue weighted by Crippen LogP contribution is -2.05. The average molecular weight is 279 g/mol. The number of aryl methyl sites for hydroxylation is 2. The number of carboxylic acid groups (broad SMARTS) is 1. The van der Waals surface area contributed by atoms with Gasteiger partial charge in [-0.3, -0.25) is 4.68 Å². The Morgan fingerprint density at radius 3 is 2.75 bits per heavy atom. The molecule has 0 aliphatic heterocycles. The molecule has 8 nitrogen and oxygen atoms in total. The van der Waals surface area contributed by atoms with Crippen LogP contribution in [-0.4, -0.2) is 47.6 Å². The van der Waals surface area contributed by atoms with Gasteiger partial charge in [-0.05, 0) is 19.3 Å². The zero-order chi connectivity index (χ0) is 14.5. The van der Waals surface area contributed by atoms with Crippen LogP contribution in [-0.2, 0) is 13.6 Å². The van der Waals surface area contributed by atoms with Crippen LogP contribution in [0.1, 0.15) is 29.8 Å². The summed E-state index contributed by atoms with van der Waals surface area (Å²) >= 11 is 0. The number of unbranched alkanes of at least 4 members (excludes halogenated alkanes) is 2. The quantitative estimate of drug-likeness (QED) is 0.716. The van der Waals surface area contributed by atoms with Crippen molar-refractivity contribution in [1.82, 2.24) is 24.8 Å². The zero-order valence-electron chi connectivity index (χ0n) is 11.2. The Labute approximate surface area is 115 Å². The molecule has 0 radical (unpaired) electrons. The molecule has 0 saturated carbocycles. The molecule has 0 unspecified atom stereocenters. The molecule has 2 heterocycles. The fourth-order valence-corrected chi connectivity index (χ4v) is 1.99. The Morgan fingerprint density at radius 2 is 2.15 bits per heavy atom. The lowest BCUT2D eigenvalue weighted by Gasteiger charge is -2.05. The van der Waals surface area contributed by atoms with E-state index in [9.17, 15) is 9.90 Å². The van der Waals surface area contributed by atoms with E-state index in [1.54, 1.807) is 28.8 Å². The normalized spacial score (nSPS) is 10.9. The molecule has 0 bridgehead atoms. The molecule has 0 atom stereocenters. The van der Waals surface area contributed by atoms with E-state index >= 15 is 0 Å². The third-order valence-corrected chi connectivity index (χ3v) is 2.94. The second kappa shape index (κ2) is 6.29. The van der Waals surface area contributed by atoms with Gasteiger partial charge in [0.05, 0.1) is 6.20 Å². The number of aliphatic hydroxyl groups is 1. The summed E-state index contributed by atoms with van der Waals surface area (Å²) in [4.78, 5) is 11.2. The number of hydrogen-bond donors (Lipinski definition) is 2. The molecule has 0 aliphatic carbocycles. The minimum Gasteiger partial charge on any atom is -0.476 e. The molecule has 2 aromatic rings. The van der Waals surface area contributed by atoms with Crippen LogP contribution in [0, 0.1) is 0 Å². The van der Waals surface area contributed by atoms with Crippen LogP contribution in [0.4, 0.5) is 0 Å². The highest BCUT2D eigenvalue weighted by Crippen LogP contribution is 2.22. The van der Waals surface area contributed by atoms with Crippen LogP contribution in [0.3, 0.4) is 0 Å². The number of aromatic nitrogens is 5. The molecule has 0 saturated heterocycles. The molecule has 0 fully saturated rings. The summed E-state index contributed by atoms with van der Waals surface area (Å²) in [6.07, 6.45) is 5.70. The summed E-state index contributed by atoms with van der Waals surface area (Å²) < 4.78 is 3.18. The summed E-state index contributed by atoms with van der Waals surface area (Å²) in [5.41, 5.74) is 1.08. The van der Waals surface area contributed by atoms with Gasteiger partial charge in [-0.1, -0.05) is 5.21 Å². The Hall–Kier alpha value is -2.22. The van der Waals surface area contributed by atoms with Crippen molar-refractivity contribution in [3.8, 4) is 11.3 Å². The molecule has 2 aromatic heterocycles. The Balaban J connectivity index is 2.26. The molecule has 0 aliphatic rings. The van der Waals surface area contributed by atoms with Crippen molar-refractivity contribution in [3.63, 3.8) is 0 Å². The van der Waals surface area contributed by atoms with Crippen molar-refractivity contribution in [2.75, 3.05) is 6.61 Å². The van der Waals surface area contributed by atoms with Gasteiger partial charge in [-0.15, -0.1) is 5.10 Å². The number of rotatable bonds is 7. The minimum atomic E-state index is -1.11. The average Bonchev–Trinajstić information content (AvgIpc) is 3.00. The van der Waals surface area contributed by atoms with Crippen molar-refractivity contribution in [1.29, 1.82) is 0 Å². The summed E-state index contributed by atoms with van der Waals surface area (Å²) in [6, 6.07) is 0. The molecular weight excluding hydrogens is 262 g/mol. The minimum absolute atomic E-state index is 0.0693. The molecule has 20 heavy (non-hydrogen) atoms. The smallest absolute Gasteiger partial charge is 0.358 e. The number of aromatic carboxylic acids is 1. The van der Waals surface area contributed by atoms with E-state index < -0.39 is 5.97 Å². The first-order chi connectivity index (χ1) is 9.63. The summed E-state index contributed by atoms with van der Waals surface area (Å²) in [5, 5.41) is 29.6. The second-order valence-corrected chi connectivity index (χ2v) is 4.50. The van der Waals surface area contributed by atoms with Crippen LogP contribution >= 0.6 is 0 Å². The third-order valence-electron chi connectivity index (χ3n) is 2.94.